The number of carbonyl (C=O) groups excluding carboxylic acids is 1. The highest BCUT2D eigenvalue weighted by Gasteiger charge is 2.64. The maximum absolute atomic E-state index is 11.8. The summed E-state index contributed by atoms with van der Waals surface area (Å²) < 4.78 is 0. The van der Waals surface area contributed by atoms with Gasteiger partial charge in [0.05, 0.1) is 5.92 Å². The van der Waals surface area contributed by atoms with Crippen molar-refractivity contribution < 1.29 is 14.7 Å². The number of hydrogen-bond donors (Lipinski definition) is 3. The van der Waals surface area contributed by atoms with Crippen molar-refractivity contribution >= 4 is 12.0 Å². The third kappa shape index (κ3) is 4.11. The van der Waals surface area contributed by atoms with Crippen molar-refractivity contribution in [1.82, 2.24) is 10.6 Å². The van der Waals surface area contributed by atoms with E-state index in [9.17, 15) is 9.59 Å². The molecule has 1 aliphatic rings. The van der Waals surface area contributed by atoms with Crippen molar-refractivity contribution in [2.45, 2.75) is 48.0 Å². The molecule has 0 bridgehead atoms. The van der Waals surface area contributed by atoms with Crippen LogP contribution in [0.2, 0.25) is 0 Å². The van der Waals surface area contributed by atoms with Crippen LogP contribution in [-0.4, -0.2) is 30.2 Å². The molecular weight excluding hydrogens is 268 g/mol. The van der Waals surface area contributed by atoms with E-state index in [1.807, 2.05) is 13.8 Å². The molecule has 0 aromatic rings. The van der Waals surface area contributed by atoms with E-state index in [0.717, 1.165) is 0 Å². The number of carboxylic acid groups (broad SMARTS) is 1. The van der Waals surface area contributed by atoms with E-state index in [4.69, 9.17) is 5.11 Å². The number of aliphatic carboxylic acids is 1. The van der Waals surface area contributed by atoms with Crippen LogP contribution >= 0.6 is 0 Å². The minimum absolute atomic E-state index is 0.177. The van der Waals surface area contributed by atoms with Crippen molar-refractivity contribution in [3.63, 3.8) is 0 Å². The summed E-state index contributed by atoms with van der Waals surface area (Å²) in [5, 5.41) is 14.7. The average Bonchev–Trinajstić information content (AvgIpc) is 2.71. The lowest BCUT2D eigenvalue weighted by atomic mass is 9.97. The Balaban J connectivity index is 2.33. The number of hydrogen-bond acceptors (Lipinski definition) is 2. The minimum Gasteiger partial charge on any atom is -0.481 e. The molecule has 0 aliphatic heterocycles. The molecule has 0 spiro atoms. The second-order valence-electron chi connectivity index (χ2n) is 7.75. The van der Waals surface area contributed by atoms with Crippen LogP contribution in [0.1, 0.15) is 48.0 Å². The molecule has 0 aromatic heterocycles. The molecule has 1 fully saturated rings. The lowest BCUT2D eigenvalue weighted by molar-refractivity contribution is -0.142. The smallest absolute Gasteiger partial charge is 0.314 e. The topological polar surface area (TPSA) is 78.4 Å². The van der Waals surface area contributed by atoms with Crippen LogP contribution in [0.15, 0.2) is 0 Å². The zero-order valence-electron chi connectivity index (χ0n) is 14.1. The molecule has 3 N–H and O–H groups in total. The van der Waals surface area contributed by atoms with Gasteiger partial charge in [-0.15, -0.1) is 0 Å². The molecule has 2 amide bonds. The summed E-state index contributed by atoms with van der Waals surface area (Å²) in [6.07, 6.45) is 0.568. The van der Waals surface area contributed by atoms with Crippen LogP contribution in [0.5, 0.6) is 0 Å². The molecular formula is C16H30N2O3. The van der Waals surface area contributed by atoms with Gasteiger partial charge in [-0.2, -0.15) is 0 Å². The van der Waals surface area contributed by atoms with Gasteiger partial charge in [-0.25, -0.2) is 4.79 Å². The van der Waals surface area contributed by atoms with Crippen LogP contribution in [0.3, 0.4) is 0 Å². The first-order chi connectivity index (χ1) is 9.50. The lowest BCUT2D eigenvalue weighted by Gasteiger charge is -2.16. The van der Waals surface area contributed by atoms with Gasteiger partial charge in [0.1, 0.15) is 0 Å². The third-order valence-corrected chi connectivity index (χ3v) is 5.40. The molecule has 5 heteroatoms. The summed E-state index contributed by atoms with van der Waals surface area (Å²) in [4.78, 5) is 22.9. The Hall–Kier alpha value is -1.26. The van der Waals surface area contributed by atoms with Crippen molar-refractivity contribution in [3.8, 4) is 0 Å². The van der Waals surface area contributed by atoms with Gasteiger partial charge in [0, 0.05) is 13.1 Å². The monoisotopic (exact) mass is 298 g/mol. The van der Waals surface area contributed by atoms with Crippen LogP contribution in [0.25, 0.3) is 0 Å². The molecule has 1 unspecified atom stereocenters. The number of rotatable bonds is 7. The van der Waals surface area contributed by atoms with Gasteiger partial charge in [0.15, 0.2) is 0 Å². The summed E-state index contributed by atoms with van der Waals surface area (Å²) >= 11 is 0. The zero-order chi connectivity index (χ0) is 16.4. The van der Waals surface area contributed by atoms with Crippen LogP contribution in [-0.2, 0) is 4.79 Å². The molecule has 1 aliphatic carbocycles. The number of amides is 2. The number of urea groups is 1. The predicted molar refractivity (Wildman–Crippen MR) is 83.0 cm³/mol. The Bertz CT molecular complexity index is 388. The highest BCUT2D eigenvalue weighted by atomic mass is 16.4. The van der Waals surface area contributed by atoms with Crippen molar-refractivity contribution in [2.24, 2.45) is 28.6 Å². The first-order valence-electron chi connectivity index (χ1n) is 7.74. The van der Waals surface area contributed by atoms with Gasteiger partial charge < -0.3 is 15.7 Å². The average molecular weight is 298 g/mol. The summed E-state index contributed by atoms with van der Waals surface area (Å²) in [6.45, 7) is 13.6. The van der Waals surface area contributed by atoms with E-state index in [1.54, 1.807) is 0 Å². The van der Waals surface area contributed by atoms with E-state index in [1.165, 1.54) is 0 Å². The molecule has 21 heavy (non-hydrogen) atoms. The summed E-state index contributed by atoms with van der Waals surface area (Å²) in [6, 6.07) is -0.275. The van der Waals surface area contributed by atoms with Gasteiger partial charge >= 0.3 is 12.0 Å². The minimum atomic E-state index is -0.853. The fourth-order valence-corrected chi connectivity index (χ4v) is 3.16. The van der Waals surface area contributed by atoms with Crippen molar-refractivity contribution in [1.29, 1.82) is 0 Å². The highest BCUT2D eigenvalue weighted by molar-refractivity contribution is 5.75. The molecule has 1 rings (SSSR count). The molecule has 1 atom stereocenters. The molecule has 0 heterocycles. The predicted octanol–water partition coefficient (Wildman–Crippen LogP) is 2.71. The maximum atomic E-state index is 11.8. The van der Waals surface area contributed by atoms with Gasteiger partial charge in [-0.3, -0.25) is 4.79 Å². The van der Waals surface area contributed by atoms with Crippen LogP contribution < -0.4 is 10.6 Å². The first kappa shape index (κ1) is 17.8. The van der Waals surface area contributed by atoms with Crippen LogP contribution in [0.4, 0.5) is 4.79 Å². The number of carboxylic acids is 1. The Labute approximate surface area is 127 Å². The van der Waals surface area contributed by atoms with E-state index in [0.29, 0.717) is 24.8 Å². The van der Waals surface area contributed by atoms with Gasteiger partial charge in [-0.1, -0.05) is 41.5 Å². The summed E-state index contributed by atoms with van der Waals surface area (Å²) in [5.41, 5.74) is 0.475. The molecule has 0 aromatic carbocycles. The summed E-state index contributed by atoms with van der Waals surface area (Å²) in [7, 11) is 0. The second kappa shape index (κ2) is 6.24. The fraction of sp³-hybridized carbons (Fsp3) is 0.875. The van der Waals surface area contributed by atoms with E-state index in [-0.39, 0.29) is 23.4 Å². The van der Waals surface area contributed by atoms with Gasteiger partial charge in [0.2, 0.25) is 0 Å². The first-order valence-corrected chi connectivity index (χ1v) is 7.74. The Kier molecular flexibility index (Phi) is 5.29. The second-order valence-corrected chi connectivity index (χ2v) is 7.75. The van der Waals surface area contributed by atoms with E-state index in [2.05, 4.69) is 38.3 Å². The normalized spacial score (nSPS) is 20.9. The van der Waals surface area contributed by atoms with Crippen LogP contribution in [0, 0.1) is 28.6 Å². The van der Waals surface area contributed by atoms with Gasteiger partial charge in [0.25, 0.3) is 0 Å². The third-order valence-electron chi connectivity index (χ3n) is 5.40. The number of nitrogens with one attached hydrogen (secondary N) is 2. The van der Waals surface area contributed by atoms with E-state index < -0.39 is 11.9 Å². The lowest BCUT2D eigenvalue weighted by Crippen LogP contribution is -2.41. The largest absolute Gasteiger partial charge is 0.481 e. The SMILES string of the molecule is CC(C)CC(CNC(=O)NCC1C(C)(C)C1(C)C)C(=O)O. The zero-order valence-corrected chi connectivity index (χ0v) is 14.1. The van der Waals surface area contributed by atoms with Crippen molar-refractivity contribution in [3.05, 3.63) is 0 Å². The standard InChI is InChI=1S/C16H30N2O3/c1-10(2)7-11(13(19)20)8-17-14(21)18-9-12-15(3,4)16(12,5)6/h10-12H,7-9H2,1-6H3,(H,19,20)(H2,17,18,21). The molecule has 0 radical (unpaired) electrons. The van der Waals surface area contributed by atoms with Gasteiger partial charge in [-0.05, 0) is 29.1 Å². The fourth-order valence-electron chi connectivity index (χ4n) is 3.16. The molecule has 5 nitrogen and oxygen atoms in total. The Morgan fingerprint density at radius 3 is 2.00 bits per heavy atom. The quantitative estimate of drug-likeness (QED) is 0.676. The Morgan fingerprint density at radius 1 is 1.10 bits per heavy atom. The molecule has 1 saturated carbocycles. The highest BCUT2D eigenvalue weighted by Crippen LogP contribution is 2.67. The maximum Gasteiger partial charge on any atom is 0.314 e. The van der Waals surface area contributed by atoms with Crippen molar-refractivity contribution in [2.75, 3.05) is 13.1 Å². The number of carbonyl (C=O) groups is 2. The molecule has 0 saturated heterocycles. The summed E-state index contributed by atoms with van der Waals surface area (Å²) in [5.74, 6) is -0.622. The van der Waals surface area contributed by atoms with E-state index >= 15 is 0 Å². The molecule has 122 valence electrons. The Morgan fingerprint density at radius 2 is 1.62 bits per heavy atom.